The van der Waals surface area contributed by atoms with Gasteiger partial charge in [0.25, 0.3) is 0 Å². The Labute approximate surface area is 117 Å². The summed E-state index contributed by atoms with van der Waals surface area (Å²) in [6, 6.07) is 5.94. The molecule has 1 aromatic heterocycles. The largest absolute Gasteiger partial charge is 0.396 e. The summed E-state index contributed by atoms with van der Waals surface area (Å²) in [6.07, 6.45) is 2.38. The standard InChI is InChI=1S/C15H18ClNO2/c1-2-15(6-7-18)14-12(5-8-19-15)11-4-3-10(16)9-13(11)17-14/h3-4,9,17-18H,2,5-8H2,1H3. The maximum absolute atomic E-state index is 9.34. The molecular weight excluding hydrogens is 262 g/mol. The molecule has 1 aliphatic rings. The van der Waals surface area contributed by atoms with E-state index in [4.69, 9.17) is 16.3 Å². The molecule has 2 aromatic rings. The van der Waals surface area contributed by atoms with Crippen molar-refractivity contribution < 1.29 is 9.84 Å². The highest BCUT2D eigenvalue weighted by Crippen LogP contribution is 2.41. The molecule has 0 saturated heterocycles. The van der Waals surface area contributed by atoms with Crippen LogP contribution in [-0.2, 0) is 16.8 Å². The molecule has 1 aromatic carbocycles. The van der Waals surface area contributed by atoms with Gasteiger partial charge in [-0.25, -0.2) is 0 Å². The van der Waals surface area contributed by atoms with Gasteiger partial charge < -0.3 is 14.8 Å². The maximum atomic E-state index is 9.34. The fraction of sp³-hybridized carbons (Fsp3) is 0.467. The number of rotatable bonds is 3. The van der Waals surface area contributed by atoms with Crippen LogP contribution in [0.2, 0.25) is 5.02 Å². The second-order valence-corrected chi connectivity index (χ2v) is 5.52. The predicted octanol–water partition coefficient (Wildman–Crippen LogP) is 3.38. The summed E-state index contributed by atoms with van der Waals surface area (Å²) in [5.74, 6) is 0. The van der Waals surface area contributed by atoms with Gasteiger partial charge in [-0.3, -0.25) is 0 Å². The lowest BCUT2D eigenvalue weighted by atomic mass is 9.86. The number of aromatic nitrogens is 1. The van der Waals surface area contributed by atoms with Gasteiger partial charge in [-0.1, -0.05) is 24.6 Å². The summed E-state index contributed by atoms with van der Waals surface area (Å²) >= 11 is 6.06. The first-order valence-corrected chi connectivity index (χ1v) is 7.13. The normalized spacial score (nSPS) is 22.7. The Morgan fingerprint density at radius 3 is 3.05 bits per heavy atom. The van der Waals surface area contributed by atoms with E-state index in [9.17, 15) is 5.11 Å². The molecule has 0 bridgehead atoms. The number of ether oxygens (including phenoxy) is 1. The lowest BCUT2D eigenvalue weighted by molar-refractivity contribution is -0.0795. The third kappa shape index (κ3) is 1.97. The van der Waals surface area contributed by atoms with E-state index in [2.05, 4.69) is 18.0 Å². The molecule has 19 heavy (non-hydrogen) atoms. The highest BCUT2D eigenvalue weighted by atomic mass is 35.5. The van der Waals surface area contributed by atoms with Gasteiger partial charge in [0, 0.05) is 29.0 Å². The Bertz CT molecular complexity index is 607. The van der Waals surface area contributed by atoms with E-state index < -0.39 is 0 Å². The second-order valence-electron chi connectivity index (χ2n) is 5.09. The molecule has 3 nitrogen and oxygen atoms in total. The molecule has 0 fully saturated rings. The van der Waals surface area contributed by atoms with E-state index in [1.807, 2.05) is 12.1 Å². The van der Waals surface area contributed by atoms with Crippen LogP contribution in [0.1, 0.15) is 31.0 Å². The number of aromatic amines is 1. The zero-order valence-corrected chi connectivity index (χ0v) is 11.8. The monoisotopic (exact) mass is 279 g/mol. The van der Waals surface area contributed by atoms with Gasteiger partial charge in [-0.05, 0) is 30.5 Å². The average Bonchev–Trinajstić information content (AvgIpc) is 2.78. The van der Waals surface area contributed by atoms with Crippen molar-refractivity contribution >= 4 is 22.5 Å². The van der Waals surface area contributed by atoms with Gasteiger partial charge in [-0.2, -0.15) is 0 Å². The zero-order valence-electron chi connectivity index (χ0n) is 11.0. The van der Waals surface area contributed by atoms with Crippen LogP contribution in [0.4, 0.5) is 0 Å². The van der Waals surface area contributed by atoms with Crippen molar-refractivity contribution in [3.05, 3.63) is 34.5 Å². The molecule has 3 rings (SSSR count). The average molecular weight is 280 g/mol. The summed E-state index contributed by atoms with van der Waals surface area (Å²) < 4.78 is 6.02. The summed E-state index contributed by atoms with van der Waals surface area (Å²) in [6.45, 7) is 2.93. The molecule has 0 spiro atoms. The summed E-state index contributed by atoms with van der Waals surface area (Å²) in [5, 5.41) is 11.3. The van der Waals surface area contributed by atoms with Gasteiger partial charge in [0.2, 0.25) is 0 Å². The number of hydrogen-bond donors (Lipinski definition) is 2. The minimum Gasteiger partial charge on any atom is -0.396 e. The number of benzene rings is 1. The van der Waals surface area contributed by atoms with Crippen molar-refractivity contribution in [1.29, 1.82) is 0 Å². The lowest BCUT2D eigenvalue weighted by Crippen LogP contribution is -2.36. The van der Waals surface area contributed by atoms with E-state index in [0.29, 0.717) is 13.0 Å². The Morgan fingerprint density at radius 2 is 2.32 bits per heavy atom. The molecule has 2 N–H and O–H groups in total. The summed E-state index contributed by atoms with van der Waals surface area (Å²) in [7, 11) is 0. The number of nitrogens with one attached hydrogen (secondary N) is 1. The van der Waals surface area contributed by atoms with Gasteiger partial charge in [0.05, 0.1) is 12.3 Å². The Kier molecular flexibility index (Phi) is 3.29. The van der Waals surface area contributed by atoms with Crippen molar-refractivity contribution in [3.8, 4) is 0 Å². The van der Waals surface area contributed by atoms with Gasteiger partial charge in [0.1, 0.15) is 5.60 Å². The quantitative estimate of drug-likeness (QED) is 0.905. The third-order valence-corrected chi connectivity index (χ3v) is 4.38. The molecule has 0 aliphatic carbocycles. The van der Waals surface area contributed by atoms with Gasteiger partial charge in [0.15, 0.2) is 0 Å². The van der Waals surface area contributed by atoms with Crippen LogP contribution in [0, 0.1) is 0 Å². The minimum absolute atomic E-state index is 0.128. The fourth-order valence-corrected chi connectivity index (χ4v) is 3.30. The predicted molar refractivity (Wildman–Crippen MR) is 76.6 cm³/mol. The van der Waals surface area contributed by atoms with Crippen molar-refractivity contribution in [3.63, 3.8) is 0 Å². The second kappa shape index (κ2) is 4.82. The van der Waals surface area contributed by atoms with Crippen molar-refractivity contribution in [1.82, 2.24) is 4.98 Å². The first kappa shape index (κ1) is 13.0. The molecule has 4 heteroatoms. The Hall–Kier alpha value is -1.03. The topological polar surface area (TPSA) is 45.2 Å². The number of hydrogen-bond acceptors (Lipinski definition) is 2. The van der Waals surface area contributed by atoms with E-state index in [1.54, 1.807) is 0 Å². The molecular formula is C15H18ClNO2. The molecule has 1 aliphatic heterocycles. The van der Waals surface area contributed by atoms with Crippen molar-refractivity contribution in [2.75, 3.05) is 13.2 Å². The Morgan fingerprint density at radius 1 is 1.47 bits per heavy atom. The molecule has 1 atom stereocenters. The van der Waals surface area contributed by atoms with Gasteiger partial charge in [-0.15, -0.1) is 0 Å². The summed E-state index contributed by atoms with van der Waals surface area (Å²) in [4.78, 5) is 3.46. The van der Waals surface area contributed by atoms with Gasteiger partial charge >= 0.3 is 0 Å². The highest BCUT2D eigenvalue weighted by Gasteiger charge is 2.38. The maximum Gasteiger partial charge on any atom is 0.110 e. The first-order chi connectivity index (χ1) is 9.20. The van der Waals surface area contributed by atoms with E-state index in [1.165, 1.54) is 10.9 Å². The van der Waals surface area contributed by atoms with Crippen molar-refractivity contribution in [2.24, 2.45) is 0 Å². The first-order valence-electron chi connectivity index (χ1n) is 6.75. The van der Waals surface area contributed by atoms with Crippen LogP contribution in [0.5, 0.6) is 0 Å². The van der Waals surface area contributed by atoms with Crippen LogP contribution in [-0.4, -0.2) is 23.3 Å². The summed E-state index contributed by atoms with van der Waals surface area (Å²) in [5.41, 5.74) is 3.10. The van der Waals surface area contributed by atoms with Crippen molar-refractivity contribution in [2.45, 2.75) is 31.8 Å². The molecule has 2 heterocycles. The number of fused-ring (bicyclic) bond motifs is 3. The fourth-order valence-electron chi connectivity index (χ4n) is 3.13. The third-order valence-electron chi connectivity index (χ3n) is 4.14. The number of aliphatic hydroxyl groups is 1. The van der Waals surface area contributed by atoms with E-state index >= 15 is 0 Å². The number of halogens is 1. The van der Waals surface area contributed by atoms with Crippen LogP contribution in [0.3, 0.4) is 0 Å². The van der Waals surface area contributed by atoms with E-state index in [0.717, 1.165) is 29.1 Å². The number of H-pyrrole nitrogens is 1. The molecule has 0 radical (unpaired) electrons. The highest BCUT2D eigenvalue weighted by molar-refractivity contribution is 6.31. The number of aliphatic hydroxyl groups excluding tert-OH is 1. The molecule has 102 valence electrons. The SMILES string of the molecule is CCC1(CCO)OCCc2c1[nH]c1cc(Cl)ccc21. The van der Waals surface area contributed by atoms with Crippen LogP contribution >= 0.6 is 11.6 Å². The molecule has 0 amide bonds. The van der Waals surface area contributed by atoms with Crippen LogP contribution in [0.15, 0.2) is 18.2 Å². The van der Waals surface area contributed by atoms with Crippen LogP contribution < -0.4 is 0 Å². The minimum atomic E-state index is -0.381. The van der Waals surface area contributed by atoms with Crippen LogP contribution in [0.25, 0.3) is 10.9 Å². The zero-order chi connectivity index (χ0) is 13.5. The smallest absolute Gasteiger partial charge is 0.110 e. The lowest BCUT2D eigenvalue weighted by Gasteiger charge is -2.36. The van der Waals surface area contributed by atoms with E-state index in [-0.39, 0.29) is 12.2 Å². The molecule has 1 unspecified atom stereocenters. The molecule has 0 saturated carbocycles. The Balaban J connectivity index is 2.21.